The predicted molar refractivity (Wildman–Crippen MR) is 178 cm³/mol. The maximum absolute atomic E-state index is 4.66. The van der Waals surface area contributed by atoms with Crippen LogP contribution in [-0.2, 0) is 30.9 Å². The summed E-state index contributed by atoms with van der Waals surface area (Å²) in [4.78, 5) is 9.18. The smallest absolute Gasteiger partial charge is 0 e. The summed E-state index contributed by atoms with van der Waals surface area (Å²) in [7, 11) is 0. The molecule has 7 rings (SSSR count). The summed E-state index contributed by atoms with van der Waals surface area (Å²) in [5.41, 5.74) is 6.07. The first-order chi connectivity index (χ1) is 19.4. The number of hydrogen-bond donors (Lipinski definition) is 0. The van der Waals surface area contributed by atoms with E-state index < -0.39 is 13.3 Å². The summed E-state index contributed by atoms with van der Waals surface area (Å²) < 4.78 is 3.19. The third-order valence-corrected chi connectivity index (χ3v) is 16.0. The number of aromatic nitrogens is 2. The predicted octanol–water partition coefficient (Wildman–Crippen LogP) is 8.62. The molecule has 42 heavy (non-hydrogen) atoms. The fraction of sp³-hybridized carbons (Fsp3) is 0.263. The van der Waals surface area contributed by atoms with Gasteiger partial charge in [-0.05, 0) is 28.2 Å². The second-order valence-corrected chi connectivity index (χ2v) is 22.9. The molecular weight excluding hydrogens is 749 g/mol. The van der Waals surface area contributed by atoms with Crippen molar-refractivity contribution in [3.05, 3.63) is 108 Å². The van der Waals surface area contributed by atoms with Gasteiger partial charge in [-0.1, -0.05) is 47.6 Å². The minimum atomic E-state index is -2.16. The molecule has 1 aliphatic rings. The second-order valence-electron chi connectivity index (χ2n) is 13.8. The Hall–Kier alpha value is -2.85. The summed E-state index contributed by atoms with van der Waals surface area (Å²) in [5, 5.41) is 6.74. The van der Waals surface area contributed by atoms with E-state index in [-0.39, 0.29) is 30.9 Å². The molecule has 0 fully saturated rings. The Kier molecular flexibility index (Phi) is 8.02. The number of pyridine rings is 2. The van der Waals surface area contributed by atoms with Crippen LogP contribution in [0.25, 0.3) is 43.7 Å². The van der Waals surface area contributed by atoms with Gasteiger partial charge >= 0.3 is 126 Å². The molecule has 0 saturated carbocycles. The van der Waals surface area contributed by atoms with E-state index in [9.17, 15) is 0 Å². The van der Waals surface area contributed by atoms with Crippen LogP contribution < -0.4 is 8.79 Å². The summed E-state index contributed by atoms with van der Waals surface area (Å²) in [6.07, 6.45) is 3.79. The van der Waals surface area contributed by atoms with Crippen molar-refractivity contribution in [1.82, 2.24) is 9.97 Å². The van der Waals surface area contributed by atoms with Crippen LogP contribution >= 0.6 is 0 Å². The van der Waals surface area contributed by atoms with Crippen molar-refractivity contribution in [1.29, 1.82) is 0 Å². The molecule has 0 saturated heterocycles. The minimum Gasteiger partial charge on any atom is 0 e. The molecule has 0 N–H and O–H groups in total. The minimum absolute atomic E-state index is 0. The Morgan fingerprint density at radius 2 is 1.31 bits per heavy atom. The van der Waals surface area contributed by atoms with E-state index in [0.29, 0.717) is 0 Å². The maximum atomic E-state index is 4.66. The molecule has 3 heterocycles. The van der Waals surface area contributed by atoms with Gasteiger partial charge in [-0.2, -0.15) is 0 Å². The zero-order valence-electron chi connectivity index (χ0n) is 25.8. The fourth-order valence-electron chi connectivity index (χ4n) is 6.12. The van der Waals surface area contributed by atoms with Crippen molar-refractivity contribution >= 4 is 54.5 Å². The van der Waals surface area contributed by atoms with Crippen molar-refractivity contribution in [2.24, 2.45) is 0 Å². The van der Waals surface area contributed by atoms with E-state index in [0.717, 1.165) is 16.8 Å². The molecule has 0 unspecified atom stereocenters. The Labute approximate surface area is 266 Å². The molecule has 4 heteroatoms. The zero-order chi connectivity index (χ0) is 29.2. The van der Waals surface area contributed by atoms with Crippen LogP contribution in [0.3, 0.4) is 0 Å². The first-order valence-corrected chi connectivity index (χ1v) is 20.8. The first-order valence-electron chi connectivity index (χ1n) is 14.5. The number of nitrogens with zero attached hydrogens (tertiary/aromatic N) is 2. The van der Waals surface area contributed by atoms with E-state index in [4.69, 9.17) is 0 Å². The van der Waals surface area contributed by atoms with Gasteiger partial charge in [-0.25, -0.2) is 0 Å². The third kappa shape index (κ3) is 5.25. The number of benzene rings is 4. The number of fused-ring (bicyclic) bond motifs is 3. The van der Waals surface area contributed by atoms with Gasteiger partial charge in [0.2, 0.25) is 0 Å². The number of hydrogen-bond acceptors (Lipinski definition) is 2. The van der Waals surface area contributed by atoms with Crippen molar-refractivity contribution in [3.8, 4) is 11.3 Å². The van der Waals surface area contributed by atoms with E-state index >= 15 is 0 Å². The number of rotatable bonds is 1. The van der Waals surface area contributed by atoms with E-state index in [2.05, 4.69) is 136 Å². The molecule has 1 aliphatic heterocycles. The van der Waals surface area contributed by atoms with Gasteiger partial charge < -0.3 is 4.98 Å². The van der Waals surface area contributed by atoms with Gasteiger partial charge in [-0.3, -0.25) is 0 Å². The van der Waals surface area contributed by atoms with E-state index in [1.807, 2.05) is 24.5 Å². The van der Waals surface area contributed by atoms with E-state index in [1.54, 1.807) is 8.79 Å². The van der Waals surface area contributed by atoms with Gasteiger partial charge in [0.15, 0.2) is 0 Å². The van der Waals surface area contributed by atoms with Crippen molar-refractivity contribution in [2.45, 2.75) is 63.9 Å². The van der Waals surface area contributed by atoms with Crippen LogP contribution in [0.15, 0.2) is 85.2 Å². The molecule has 215 valence electrons. The molecule has 6 aromatic rings. The standard InChI is InChI=1S/C19H14GeN.C19H24N.Ir/c1-20(2)15-9-3-6-12-13-8-5-11-21-19(13)14-7-4-10-16(20)18(14)17(12)15;1-18(2,3)15-9-7-8-14(12-15)17-13-16(10-11-20-17)19(4,5)6;/h3-6,8-11H,1-2H3;7,9-13H,1-6H3;/q2*-1;. The van der Waals surface area contributed by atoms with Crippen LogP contribution in [0.5, 0.6) is 0 Å². The van der Waals surface area contributed by atoms with Gasteiger partial charge in [0.1, 0.15) is 0 Å². The maximum Gasteiger partial charge on any atom is 0 e. The van der Waals surface area contributed by atoms with Crippen molar-refractivity contribution < 1.29 is 20.1 Å². The Bertz CT molecular complexity index is 1800. The van der Waals surface area contributed by atoms with Crippen LogP contribution in [0.1, 0.15) is 52.7 Å². The quantitative estimate of drug-likeness (QED) is 0.0949. The molecule has 0 bridgehead atoms. The monoisotopic (exact) mass is 789 g/mol. The molecule has 0 aliphatic carbocycles. The summed E-state index contributed by atoms with van der Waals surface area (Å²) >= 11 is -2.16. The molecule has 0 amide bonds. The van der Waals surface area contributed by atoms with Crippen LogP contribution in [0.2, 0.25) is 11.5 Å². The largest absolute Gasteiger partial charge is 0 e. The summed E-state index contributed by atoms with van der Waals surface area (Å²) in [6, 6.07) is 32.8. The molecule has 1 radical (unpaired) electrons. The van der Waals surface area contributed by atoms with Crippen LogP contribution in [0, 0.1) is 12.1 Å². The molecule has 0 spiro atoms. The first kappa shape index (κ1) is 30.6. The Balaban J connectivity index is 0.000000164. The molecule has 0 atom stereocenters. The summed E-state index contributed by atoms with van der Waals surface area (Å²) in [6.45, 7) is 13.4. The van der Waals surface area contributed by atoms with Gasteiger partial charge in [0.25, 0.3) is 0 Å². The molecular formula is C38H38GeIrN2-2. The SMILES string of the molecule is CC(C)(C)c1cc[c-]c(-c2cc(C(C)(C)C)ccn2)c1.[CH3][Ge]1([CH3])[c]2cc[c-]c3c4ncccc4c4ccc[c]1c4c23.[Ir]. The third-order valence-electron chi connectivity index (χ3n) is 8.56. The second kappa shape index (κ2) is 11.0. The summed E-state index contributed by atoms with van der Waals surface area (Å²) in [5.74, 6) is 5.00. The average molecular weight is 788 g/mol. The Morgan fingerprint density at radius 3 is 2.05 bits per heavy atom. The van der Waals surface area contributed by atoms with Crippen LogP contribution in [0.4, 0.5) is 0 Å². The van der Waals surface area contributed by atoms with Crippen molar-refractivity contribution in [2.75, 3.05) is 0 Å². The Morgan fingerprint density at radius 1 is 0.643 bits per heavy atom. The topological polar surface area (TPSA) is 25.8 Å². The van der Waals surface area contributed by atoms with Crippen molar-refractivity contribution in [3.63, 3.8) is 0 Å². The van der Waals surface area contributed by atoms with Crippen LogP contribution in [-0.4, -0.2) is 23.2 Å². The van der Waals surface area contributed by atoms with Gasteiger partial charge in [0, 0.05) is 26.3 Å². The molecule has 2 nitrogen and oxygen atoms in total. The van der Waals surface area contributed by atoms with Gasteiger partial charge in [0.05, 0.1) is 0 Å². The fourth-order valence-corrected chi connectivity index (χ4v) is 12.6. The normalized spacial score (nSPS) is 13.7. The zero-order valence-corrected chi connectivity index (χ0v) is 30.3. The van der Waals surface area contributed by atoms with E-state index in [1.165, 1.54) is 38.1 Å². The average Bonchev–Trinajstić information content (AvgIpc) is 3.19. The van der Waals surface area contributed by atoms with Gasteiger partial charge in [-0.15, -0.1) is 35.4 Å². The molecule has 2 aromatic heterocycles. The molecule has 4 aromatic carbocycles.